The van der Waals surface area contributed by atoms with Gasteiger partial charge in [-0.2, -0.15) is 0 Å². The van der Waals surface area contributed by atoms with Gasteiger partial charge in [-0.3, -0.25) is 9.59 Å². The minimum Gasteiger partial charge on any atom is -0.487 e. The van der Waals surface area contributed by atoms with E-state index in [1.165, 1.54) is 0 Å². The summed E-state index contributed by atoms with van der Waals surface area (Å²) in [4.78, 5) is 26.6. The molecule has 1 N–H and O–H groups in total. The highest BCUT2D eigenvalue weighted by atomic mass is 35.5. The van der Waals surface area contributed by atoms with Crippen LogP contribution in [0.5, 0.6) is 5.75 Å². The second-order valence-corrected chi connectivity index (χ2v) is 6.31. The third-order valence-electron chi connectivity index (χ3n) is 4.19. The highest BCUT2D eigenvalue weighted by molar-refractivity contribution is 6.32. The molecule has 0 spiro atoms. The lowest BCUT2D eigenvalue weighted by atomic mass is 10.0. The van der Waals surface area contributed by atoms with E-state index in [4.69, 9.17) is 21.1 Å². The molecule has 25 heavy (non-hydrogen) atoms. The molecule has 7 heteroatoms. The van der Waals surface area contributed by atoms with Crippen molar-refractivity contribution in [1.29, 1.82) is 0 Å². The molecule has 138 valence electrons. The maximum Gasteiger partial charge on any atom is 0.247 e. The van der Waals surface area contributed by atoms with Crippen LogP contribution in [0.25, 0.3) is 0 Å². The molecule has 0 bridgehead atoms. The molecule has 1 unspecified atom stereocenters. The van der Waals surface area contributed by atoms with Gasteiger partial charge in [0, 0.05) is 20.1 Å². The molecule has 2 amide bonds. The van der Waals surface area contributed by atoms with Crippen molar-refractivity contribution in [3.8, 4) is 5.75 Å². The number of carbonyl (C=O) groups excluding carboxylic acids is 2. The van der Waals surface area contributed by atoms with Gasteiger partial charge in [0.1, 0.15) is 12.6 Å². The van der Waals surface area contributed by atoms with Gasteiger partial charge in [0.05, 0.1) is 17.3 Å². The standard InChI is InChI=1S/C18H25ClN2O4/c1-3-16(22)21-10-5-4-9-15(21)18(23)20-14-8-6-7-13(19)17(14)25-12-11-24-2/h6-8,15H,3-5,9-12H2,1-2H3,(H,20,23). The van der Waals surface area contributed by atoms with E-state index in [-0.39, 0.29) is 11.8 Å². The van der Waals surface area contributed by atoms with Crippen LogP contribution in [0.2, 0.25) is 5.02 Å². The van der Waals surface area contributed by atoms with E-state index in [2.05, 4.69) is 5.32 Å². The molecule has 1 aliphatic heterocycles. The van der Waals surface area contributed by atoms with Crippen LogP contribution in [0, 0.1) is 0 Å². The number of nitrogens with zero attached hydrogens (tertiary/aromatic N) is 1. The molecule has 0 aliphatic carbocycles. The lowest BCUT2D eigenvalue weighted by Gasteiger charge is -2.34. The number of hydrogen-bond donors (Lipinski definition) is 1. The molecule has 6 nitrogen and oxygen atoms in total. The minimum atomic E-state index is -0.452. The van der Waals surface area contributed by atoms with Gasteiger partial charge in [0.2, 0.25) is 11.8 Å². The fourth-order valence-electron chi connectivity index (χ4n) is 2.90. The van der Waals surface area contributed by atoms with Crippen LogP contribution in [0.3, 0.4) is 0 Å². The van der Waals surface area contributed by atoms with E-state index in [1.807, 2.05) is 6.92 Å². The summed E-state index contributed by atoms with van der Waals surface area (Å²) in [6, 6.07) is 4.73. The van der Waals surface area contributed by atoms with Gasteiger partial charge >= 0.3 is 0 Å². The Kier molecular flexibility index (Phi) is 7.52. The summed E-state index contributed by atoms with van der Waals surface area (Å²) in [5.41, 5.74) is 0.503. The Morgan fingerprint density at radius 2 is 2.12 bits per heavy atom. The van der Waals surface area contributed by atoms with Crippen molar-refractivity contribution >= 4 is 29.1 Å². The van der Waals surface area contributed by atoms with Crippen molar-refractivity contribution in [2.45, 2.75) is 38.6 Å². The van der Waals surface area contributed by atoms with E-state index in [1.54, 1.807) is 30.2 Å². The van der Waals surface area contributed by atoms with Crippen LogP contribution in [0.15, 0.2) is 18.2 Å². The van der Waals surface area contributed by atoms with Crippen molar-refractivity contribution in [3.05, 3.63) is 23.2 Å². The molecule has 1 aromatic rings. The maximum atomic E-state index is 12.8. The molecule has 1 saturated heterocycles. The number of halogens is 1. The fourth-order valence-corrected chi connectivity index (χ4v) is 3.13. The summed E-state index contributed by atoms with van der Waals surface area (Å²) in [5, 5.41) is 3.29. The zero-order valence-corrected chi connectivity index (χ0v) is 15.5. The van der Waals surface area contributed by atoms with Gasteiger partial charge in [0.15, 0.2) is 5.75 Å². The van der Waals surface area contributed by atoms with E-state index in [0.717, 1.165) is 12.8 Å². The number of hydrogen-bond acceptors (Lipinski definition) is 4. The number of likely N-dealkylation sites (tertiary alicyclic amines) is 1. The average molecular weight is 369 g/mol. The van der Waals surface area contributed by atoms with E-state index < -0.39 is 6.04 Å². The number of nitrogens with one attached hydrogen (secondary N) is 1. The van der Waals surface area contributed by atoms with Crippen LogP contribution < -0.4 is 10.1 Å². The van der Waals surface area contributed by atoms with Gasteiger partial charge in [-0.25, -0.2) is 0 Å². The van der Waals surface area contributed by atoms with Gasteiger partial charge < -0.3 is 19.7 Å². The predicted octanol–water partition coefficient (Wildman–Crippen LogP) is 3.09. The monoisotopic (exact) mass is 368 g/mol. The first-order chi connectivity index (χ1) is 12.1. The summed E-state index contributed by atoms with van der Waals surface area (Å²) >= 11 is 6.20. The third-order valence-corrected chi connectivity index (χ3v) is 4.48. The molecule has 1 aromatic carbocycles. The summed E-state index contributed by atoms with van der Waals surface area (Å²) in [6.45, 7) is 3.18. The number of carbonyl (C=O) groups is 2. The number of rotatable bonds is 7. The summed E-state index contributed by atoms with van der Waals surface area (Å²) in [5.74, 6) is 0.210. The van der Waals surface area contributed by atoms with Crippen LogP contribution in [0.4, 0.5) is 5.69 Å². The van der Waals surface area contributed by atoms with Crippen molar-refractivity contribution < 1.29 is 19.1 Å². The summed E-state index contributed by atoms with van der Waals surface area (Å²) < 4.78 is 10.6. The number of piperidine rings is 1. The SMILES string of the molecule is CCC(=O)N1CCCCC1C(=O)Nc1cccc(Cl)c1OCCOC. The van der Waals surface area contributed by atoms with Crippen molar-refractivity contribution in [1.82, 2.24) is 4.90 Å². The molecule has 1 fully saturated rings. The topological polar surface area (TPSA) is 67.9 Å². The molecule has 1 heterocycles. The largest absolute Gasteiger partial charge is 0.487 e. The molecule has 2 rings (SSSR count). The average Bonchev–Trinajstić information content (AvgIpc) is 2.63. The smallest absolute Gasteiger partial charge is 0.247 e. The number of para-hydroxylation sites is 1. The van der Waals surface area contributed by atoms with Crippen molar-refractivity contribution in [3.63, 3.8) is 0 Å². The first-order valence-corrected chi connectivity index (χ1v) is 8.96. The van der Waals surface area contributed by atoms with E-state index >= 15 is 0 Å². The first kappa shape index (κ1) is 19.5. The number of benzene rings is 1. The molecular weight excluding hydrogens is 344 g/mol. The Labute approximate surface area is 153 Å². The van der Waals surface area contributed by atoms with Gasteiger partial charge in [-0.1, -0.05) is 24.6 Å². The second-order valence-electron chi connectivity index (χ2n) is 5.90. The van der Waals surface area contributed by atoms with Crippen LogP contribution in [0.1, 0.15) is 32.6 Å². The zero-order valence-electron chi connectivity index (χ0n) is 14.7. The lowest BCUT2D eigenvalue weighted by molar-refractivity contribution is -0.140. The van der Waals surface area contributed by atoms with Gasteiger partial charge in [-0.05, 0) is 31.4 Å². The quantitative estimate of drug-likeness (QED) is 0.751. The highest BCUT2D eigenvalue weighted by Gasteiger charge is 2.31. The molecule has 0 radical (unpaired) electrons. The zero-order chi connectivity index (χ0) is 18.2. The van der Waals surface area contributed by atoms with Gasteiger partial charge in [0.25, 0.3) is 0 Å². The van der Waals surface area contributed by atoms with Crippen LogP contribution in [-0.2, 0) is 14.3 Å². The maximum absolute atomic E-state index is 12.8. The van der Waals surface area contributed by atoms with Crippen molar-refractivity contribution in [2.24, 2.45) is 0 Å². The summed E-state index contributed by atoms with van der Waals surface area (Å²) in [7, 11) is 1.58. The molecular formula is C18H25ClN2O4. The Bertz CT molecular complexity index is 609. The molecule has 1 aliphatic rings. The van der Waals surface area contributed by atoms with Crippen molar-refractivity contribution in [2.75, 3.05) is 32.2 Å². The Balaban J connectivity index is 2.13. The number of methoxy groups -OCH3 is 1. The highest BCUT2D eigenvalue weighted by Crippen LogP contribution is 2.33. The predicted molar refractivity (Wildman–Crippen MR) is 97.1 cm³/mol. The molecule has 0 aromatic heterocycles. The van der Waals surface area contributed by atoms with Crippen LogP contribution in [-0.4, -0.2) is 49.6 Å². The second kappa shape index (κ2) is 9.63. The molecule has 0 saturated carbocycles. The third kappa shape index (κ3) is 5.09. The summed E-state index contributed by atoms with van der Waals surface area (Å²) in [6.07, 6.45) is 2.92. The first-order valence-electron chi connectivity index (χ1n) is 8.59. The van der Waals surface area contributed by atoms with E-state index in [0.29, 0.717) is 49.1 Å². The normalized spacial score (nSPS) is 17.2. The fraction of sp³-hybridized carbons (Fsp3) is 0.556. The molecule has 1 atom stereocenters. The van der Waals surface area contributed by atoms with Gasteiger partial charge in [-0.15, -0.1) is 0 Å². The minimum absolute atomic E-state index is 0.00233. The number of ether oxygens (including phenoxy) is 2. The Hall–Kier alpha value is -1.79. The van der Waals surface area contributed by atoms with E-state index in [9.17, 15) is 9.59 Å². The Morgan fingerprint density at radius 1 is 1.32 bits per heavy atom. The number of anilines is 1. The Morgan fingerprint density at radius 3 is 2.84 bits per heavy atom. The van der Waals surface area contributed by atoms with Crippen LogP contribution >= 0.6 is 11.6 Å². The lowest BCUT2D eigenvalue weighted by Crippen LogP contribution is -2.49. The number of amides is 2.